The summed E-state index contributed by atoms with van der Waals surface area (Å²) < 4.78 is 28.2. The van der Waals surface area contributed by atoms with E-state index < -0.39 is 68.6 Å². The van der Waals surface area contributed by atoms with Crippen LogP contribution in [0.3, 0.4) is 0 Å². The summed E-state index contributed by atoms with van der Waals surface area (Å²) in [5, 5.41) is 11.5. The lowest BCUT2D eigenvalue weighted by Gasteiger charge is -2.41. The Labute approximate surface area is 291 Å². The van der Waals surface area contributed by atoms with Gasteiger partial charge in [-0.05, 0) is 67.6 Å². The van der Waals surface area contributed by atoms with E-state index in [0.29, 0.717) is 32.2 Å². The summed E-state index contributed by atoms with van der Waals surface area (Å²) in [6.45, 7) is 11.8. The van der Waals surface area contributed by atoms with Crippen LogP contribution in [0, 0.1) is 22.7 Å². The second-order valence-electron chi connectivity index (χ2n) is 17.1. The molecule has 0 unspecified atom stereocenters. The molecule has 14 heteroatoms. The van der Waals surface area contributed by atoms with Crippen LogP contribution in [0.2, 0.25) is 0 Å². The van der Waals surface area contributed by atoms with Gasteiger partial charge in [0, 0.05) is 25.7 Å². The minimum Gasteiger partial charge on any atom is -0.347 e. The smallest absolute Gasteiger partial charge is 0.315 e. The summed E-state index contributed by atoms with van der Waals surface area (Å²) in [7, 11) is -2.02. The second-order valence-corrected chi connectivity index (χ2v) is 19.1. The predicted octanol–water partition coefficient (Wildman–Crippen LogP) is 2.44. The number of hydrogen-bond donors (Lipinski definition) is 4. The molecule has 5 aliphatic rings. The molecule has 276 valence electrons. The number of carbonyl (C=O) groups excluding carboxylic acids is 5. The Morgan fingerprint density at radius 3 is 2.14 bits per heavy atom. The molecule has 0 aromatic carbocycles. The summed E-state index contributed by atoms with van der Waals surface area (Å²) >= 11 is 0. The van der Waals surface area contributed by atoms with Crippen molar-refractivity contribution < 1.29 is 32.4 Å². The van der Waals surface area contributed by atoms with E-state index in [4.69, 9.17) is 0 Å². The lowest BCUT2D eigenvalue weighted by molar-refractivity contribution is -0.145. The Morgan fingerprint density at radius 2 is 1.59 bits per heavy atom. The maximum atomic E-state index is 14.4. The maximum absolute atomic E-state index is 14.4. The van der Waals surface area contributed by atoms with Crippen LogP contribution >= 0.6 is 0 Å². The highest BCUT2D eigenvalue weighted by Crippen LogP contribution is 2.65. The van der Waals surface area contributed by atoms with E-state index in [9.17, 15) is 32.4 Å². The van der Waals surface area contributed by atoms with Crippen LogP contribution in [-0.4, -0.2) is 102 Å². The highest BCUT2D eigenvalue weighted by molar-refractivity contribution is 7.89. The molecule has 4 N–H and O–H groups in total. The number of fused-ring (bicyclic) bond motifs is 1. The number of ketones is 1. The number of nitrogens with one attached hydrogen (secondary N) is 4. The lowest BCUT2D eigenvalue weighted by atomic mass is 9.83. The first kappa shape index (κ1) is 37.5. The van der Waals surface area contributed by atoms with Gasteiger partial charge in [0.15, 0.2) is 0 Å². The minimum atomic E-state index is -3.62. The molecular weight excluding hydrogens is 648 g/mol. The van der Waals surface area contributed by atoms with Gasteiger partial charge in [-0.3, -0.25) is 19.2 Å². The molecule has 1 saturated heterocycles. The van der Waals surface area contributed by atoms with Crippen molar-refractivity contribution in [2.75, 3.05) is 19.3 Å². The van der Waals surface area contributed by atoms with Crippen molar-refractivity contribution >= 4 is 39.6 Å². The monoisotopic (exact) mass is 706 g/mol. The first-order valence-electron chi connectivity index (χ1n) is 18.3. The third-order valence-corrected chi connectivity index (χ3v) is 13.7. The van der Waals surface area contributed by atoms with E-state index in [2.05, 4.69) is 35.1 Å². The zero-order valence-corrected chi connectivity index (χ0v) is 31.2. The van der Waals surface area contributed by atoms with Gasteiger partial charge >= 0.3 is 6.03 Å². The minimum absolute atomic E-state index is 0.00546. The van der Waals surface area contributed by atoms with Crippen LogP contribution in [0.15, 0.2) is 0 Å². The number of carbonyl (C=O) groups is 5. The molecule has 0 spiro atoms. The Balaban J connectivity index is 1.32. The Bertz CT molecular complexity index is 1430. The van der Waals surface area contributed by atoms with Crippen molar-refractivity contribution in [3.63, 3.8) is 0 Å². The zero-order valence-electron chi connectivity index (χ0n) is 30.4. The van der Waals surface area contributed by atoms with Crippen molar-refractivity contribution in [2.45, 2.75) is 148 Å². The molecule has 4 aliphatic carbocycles. The standard InChI is InChI=1S/C35H58N6O7S/c1-8-12-24(27(42)30(44)36-21-13-14-21)37-29(43)26-25-23(34(25,5)6)19-41(26)31(45)28(33(2,3)4)38-32(46)39-35(17-10-9-11-18-35)20-49(47,48)40(7)22-15-16-22/h21-26,28H,8-20H2,1-7H3,(H,36,44)(H,37,43)(H2,38,39,46)/t23-,24-,25-,26-,28+/m0/s1. The largest absolute Gasteiger partial charge is 0.347 e. The fraction of sp³-hybridized carbons (Fsp3) is 0.857. The quantitative estimate of drug-likeness (QED) is 0.201. The number of urea groups is 1. The molecule has 1 aliphatic heterocycles. The van der Waals surface area contributed by atoms with E-state index in [1.54, 1.807) is 7.05 Å². The predicted molar refractivity (Wildman–Crippen MR) is 185 cm³/mol. The molecule has 49 heavy (non-hydrogen) atoms. The third kappa shape index (κ3) is 8.26. The third-order valence-electron chi connectivity index (χ3n) is 11.6. The fourth-order valence-electron chi connectivity index (χ4n) is 8.14. The van der Waals surface area contributed by atoms with Crippen molar-refractivity contribution in [3.05, 3.63) is 0 Å². The molecule has 0 aromatic heterocycles. The number of hydrogen-bond acceptors (Lipinski definition) is 7. The van der Waals surface area contributed by atoms with Crippen LogP contribution in [-0.2, 0) is 29.2 Å². The van der Waals surface area contributed by atoms with E-state index >= 15 is 0 Å². The number of sulfonamides is 1. The molecule has 0 bridgehead atoms. The molecule has 4 saturated carbocycles. The summed E-state index contributed by atoms with van der Waals surface area (Å²) in [5.74, 6) is -2.52. The average molecular weight is 707 g/mol. The summed E-state index contributed by atoms with van der Waals surface area (Å²) in [5.41, 5.74) is -1.90. The Kier molecular flexibility index (Phi) is 10.5. The highest BCUT2D eigenvalue weighted by Gasteiger charge is 2.70. The van der Waals surface area contributed by atoms with Crippen LogP contribution in [0.1, 0.15) is 112 Å². The number of likely N-dealkylation sites (tertiary alicyclic amines) is 1. The molecular formula is C35H58N6O7S. The molecule has 13 nitrogen and oxygen atoms in total. The van der Waals surface area contributed by atoms with E-state index in [1.807, 2.05) is 27.7 Å². The summed E-state index contributed by atoms with van der Waals surface area (Å²) in [6, 6.07) is -3.48. The van der Waals surface area contributed by atoms with Gasteiger partial charge in [0.2, 0.25) is 27.6 Å². The lowest BCUT2D eigenvalue weighted by Crippen LogP contribution is -2.64. The van der Waals surface area contributed by atoms with E-state index in [1.165, 1.54) is 9.21 Å². The molecule has 0 aromatic rings. The van der Waals surface area contributed by atoms with E-state index in [-0.39, 0.29) is 35.1 Å². The van der Waals surface area contributed by atoms with Crippen molar-refractivity contribution in [1.29, 1.82) is 0 Å². The number of piperidine rings is 1. The number of rotatable bonds is 14. The van der Waals surface area contributed by atoms with Gasteiger partial charge in [-0.1, -0.05) is 67.2 Å². The van der Waals surface area contributed by atoms with Crippen LogP contribution < -0.4 is 21.3 Å². The molecule has 5 fully saturated rings. The van der Waals surface area contributed by atoms with Gasteiger partial charge in [0.25, 0.3) is 5.91 Å². The van der Waals surface area contributed by atoms with Crippen molar-refractivity contribution in [3.8, 4) is 0 Å². The van der Waals surface area contributed by atoms with Crippen LogP contribution in [0.5, 0.6) is 0 Å². The Hall–Kier alpha value is -2.74. The normalized spacial score (nSPS) is 27.0. The Morgan fingerprint density at radius 1 is 0.959 bits per heavy atom. The molecule has 5 atom stereocenters. The van der Waals surface area contributed by atoms with E-state index in [0.717, 1.165) is 44.9 Å². The summed E-state index contributed by atoms with van der Waals surface area (Å²) in [6.07, 6.45) is 7.79. The molecule has 1 heterocycles. The average Bonchev–Trinajstić information content (AvgIpc) is 3.96. The van der Waals surface area contributed by atoms with Gasteiger partial charge in [0.05, 0.1) is 17.3 Å². The van der Waals surface area contributed by atoms with Crippen LogP contribution in [0.25, 0.3) is 0 Å². The molecule has 5 rings (SSSR count). The molecule has 0 radical (unpaired) electrons. The first-order valence-corrected chi connectivity index (χ1v) is 19.9. The first-order chi connectivity index (χ1) is 22.8. The topological polar surface area (TPSA) is 174 Å². The fourth-order valence-corrected chi connectivity index (χ4v) is 10.1. The van der Waals surface area contributed by atoms with Gasteiger partial charge in [0.1, 0.15) is 12.1 Å². The molecule has 5 amide bonds. The summed E-state index contributed by atoms with van der Waals surface area (Å²) in [4.78, 5) is 69.5. The number of Topliss-reactive ketones (excluding diaryl/α,β-unsaturated/α-hetero) is 1. The number of amides is 5. The zero-order chi connectivity index (χ0) is 36.1. The van der Waals surface area contributed by atoms with Crippen LogP contribution in [0.4, 0.5) is 4.79 Å². The van der Waals surface area contributed by atoms with Crippen molar-refractivity contribution in [1.82, 2.24) is 30.5 Å². The SMILES string of the molecule is CCC[C@H](NC(=O)[C@@H]1[C@@H]2[C@H](CN1C(=O)[C@@H](NC(=O)NC1(CS(=O)(=O)N(C)C3CC3)CCCCC1)C(C)(C)C)C2(C)C)C(=O)C(=O)NC1CC1. The maximum Gasteiger partial charge on any atom is 0.315 e. The highest BCUT2D eigenvalue weighted by atomic mass is 32.2. The van der Waals surface area contributed by atoms with Crippen molar-refractivity contribution in [2.24, 2.45) is 22.7 Å². The van der Waals surface area contributed by atoms with Gasteiger partial charge in [-0.25, -0.2) is 17.5 Å². The number of nitrogens with zero attached hydrogens (tertiary/aromatic N) is 2. The van der Waals surface area contributed by atoms with Gasteiger partial charge in [-0.15, -0.1) is 0 Å². The van der Waals surface area contributed by atoms with Gasteiger partial charge < -0.3 is 26.2 Å². The second kappa shape index (κ2) is 13.8. The van der Waals surface area contributed by atoms with Gasteiger partial charge in [-0.2, -0.15) is 0 Å².